The number of hydrogen-bond acceptors (Lipinski definition) is 4. The van der Waals surface area contributed by atoms with Crippen LogP contribution in [0, 0.1) is 5.92 Å². The molecule has 0 bridgehead atoms. The maximum absolute atomic E-state index is 12.6. The molecule has 0 saturated heterocycles. The molecule has 2 aromatic rings. The molecule has 106 valence electrons. The lowest BCUT2D eigenvalue weighted by Gasteiger charge is -2.24. The maximum atomic E-state index is 12.6. The van der Waals surface area contributed by atoms with Crippen LogP contribution in [0.15, 0.2) is 29.1 Å². The van der Waals surface area contributed by atoms with Crippen molar-refractivity contribution in [3.05, 3.63) is 34.6 Å². The van der Waals surface area contributed by atoms with Gasteiger partial charge in [-0.2, -0.15) is 0 Å². The summed E-state index contributed by atoms with van der Waals surface area (Å²) < 4.78 is 1.57. The smallest absolute Gasteiger partial charge is 0.277 e. The summed E-state index contributed by atoms with van der Waals surface area (Å²) in [5.41, 5.74) is 6.52. The molecule has 1 aliphatic rings. The number of nitrogens with zero attached hydrogens (tertiary/aromatic N) is 3. The lowest BCUT2D eigenvalue weighted by atomic mass is 9.95. The highest BCUT2D eigenvalue weighted by Gasteiger charge is 2.26. The summed E-state index contributed by atoms with van der Waals surface area (Å²) in [4.78, 5) is 12.6. The molecule has 1 aromatic heterocycles. The van der Waals surface area contributed by atoms with Gasteiger partial charge in [0.1, 0.15) is 5.52 Å². The highest BCUT2D eigenvalue weighted by atomic mass is 16.1. The summed E-state index contributed by atoms with van der Waals surface area (Å²) in [7, 11) is 0. The van der Waals surface area contributed by atoms with Gasteiger partial charge < -0.3 is 5.73 Å². The molecule has 0 aliphatic heterocycles. The number of hydrogen-bond donors (Lipinski definition) is 1. The fraction of sp³-hybridized carbons (Fsp3) is 0.533. The second-order valence-corrected chi connectivity index (χ2v) is 5.56. The van der Waals surface area contributed by atoms with E-state index in [9.17, 15) is 4.79 Å². The van der Waals surface area contributed by atoms with Crippen LogP contribution in [0.3, 0.4) is 0 Å². The molecule has 1 fully saturated rings. The predicted molar refractivity (Wildman–Crippen MR) is 78.5 cm³/mol. The molecular weight excluding hydrogens is 252 g/mol. The molecule has 3 rings (SSSR count). The van der Waals surface area contributed by atoms with Crippen LogP contribution in [0.25, 0.3) is 10.9 Å². The van der Waals surface area contributed by atoms with E-state index in [0.717, 1.165) is 19.3 Å². The van der Waals surface area contributed by atoms with Crippen LogP contribution in [-0.4, -0.2) is 21.5 Å². The highest BCUT2D eigenvalue weighted by molar-refractivity contribution is 5.76. The summed E-state index contributed by atoms with van der Waals surface area (Å²) in [6.45, 7) is 0.603. The lowest BCUT2D eigenvalue weighted by Crippen LogP contribution is -2.35. The van der Waals surface area contributed by atoms with Crippen molar-refractivity contribution >= 4 is 10.9 Å². The Labute approximate surface area is 117 Å². The van der Waals surface area contributed by atoms with E-state index in [1.165, 1.54) is 12.8 Å². The third-order valence-electron chi connectivity index (χ3n) is 4.33. The van der Waals surface area contributed by atoms with E-state index in [4.69, 9.17) is 5.73 Å². The molecule has 2 atom stereocenters. The van der Waals surface area contributed by atoms with Crippen molar-refractivity contribution in [2.24, 2.45) is 11.7 Å². The van der Waals surface area contributed by atoms with Crippen molar-refractivity contribution in [3.8, 4) is 0 Å². The summed E-state index contributed by atoms with van der Waals surface area (Å²) in [6.07, 6.45) is 5.57. The Hall–Kier alpha value is -1.75. The van der Waals surface area contributed by atoms with Gasteiger partial charge in [-0.3, -0.25) is 4.79 Å². The second-order valence-electron chi connectivity index (χ2n) is 5.56. The Morgan fingerprint density at radius 2 is 2.00 bits per heavy atom. The number of aromatic nitrogens is 3. The van der Waals surface area contributed by atoms with Crippen molar-refractivity contribution in [2.45, 2.75) is 38.1 Å². The van der Waals surface area contributed by atoms with Gasteiger partial charge >= 0.3 is 0 Å². The monoisotopic (exact) mass is 272 g/mol. The van der Waals surface area contributed by atoms with Crippen molar-refractivity contribution in [1.82, 2.24) is 15.0 Å². The molecule has 0 spiro atoms. The zero-order valence-electron chi connectivity index (χ0n) is 11.5. The van der Waals surface area contributed by atoms with Crippen LogP contribution in [0.2, 0.25) is 0 Å². The van der Waals surface area contributed by atoms with E-state index in [0.29, 0.717) is 23.4 Å². The van der Waals surface area contributed by atoms with Crippen molar-refractivity contribution < 1.29 is 0 Å². The minimum atomic E-state index is -0.0408. The van der Waals surface area contributed by atoms with Crippen molar-refractivity contribution in [2.75, 3.05) is 6.54 Å². The van der Waals surface area contributed by atoms with Gasteiger partial charge in [0.15, 0.2) is 0 Å². The normalized spacial score (nSPS) is 23.6. The Bertz CT molecular complexity index is 652. The van der Waals surface area contributed by atoms with Gasteiger partial charge in [0, 0.05) is 0 Å². The minimum absolute atomic E-state index is 0.0408. The van der Waals surface area contributed by atoms with Crippen molar-refractivity contribution in [3.63, 3.8) is 0 Å². The maximum Gasteiger partial charge on any atom is 0.277 e. The van der Waals surface area contributed by atoms with E-state index < -0.39 is 0 Å². The average Bonchev–Trinajstić information content (AvgIpc) is 2.73. The SMILES string of the molecule is NCC1CCCCCC1n1nnc2ccccc2c1=O. The molecule has 20 heavy (non-hydrogen) atoms. The predicted octanol–water partition coefficient (Wildman–Crippen LogP) is 1.87. The van der Waals surface area contributed by atoms with Crippen molar-refractivity contribution in [1.29, 1.82) is 0 Å². The number of fused-ring (bicyclic) bond motifs is 1. The Kier molecular flexibility index (Phi) is 3.78. The van der Waals surface area contributed by atoms with Crippen LogP contribution in [0.1, 0.15) is 38.1 Å². The molecule has 5 nitrogen and oxygen atoms in total. The number of rotatable bonds is 2. The van der Waals surface area contributed by atoms with Crippen LogP contribution in [0.4, 0.5) is 0 Å². The number of nitrogens with two attached hydrogens (primary N) is 1. The first-order valence-corrected chi connectivity index (χ1v) is 7.35. The number of benzene rings is 1. The molecule has 2 unspecified atom stereocenters. The molecule has 0 amide bonds. The van der Waals surface area contributed by atoms with Gasteiger partial charge in [0.2, 0.25) is 0 Å². The Morgan fingerprint density at radius 1 is 1.20 bits per heavy atom. The first-order valence-electron chi connectivity index (χ1n) is 7.35. The molecule has 2 N–H and O–H groups in total. The van der Waals surface area contributed by atoms with Crippen LogP contribution >= 0.6 is 0 Å². The van der Waals surface area contributed by atoms with Gasteiger partial charge in [0.05, 0.1) is 11.4 Å². The van der Waals surface area contributed by atoms with E-state index in [1.54, 1.807) is 4.68 Å². The highest BCUT2D eigenvalue weighted by Crippen LogP contribution is 2.30. The van der Waals surface area contributed by atoms with Gasteiger partial charge in [0.25, 0.3) is 5.56 Å². The summed E-state index contributed by atoms with van der Waals surface area (Å²) in [6, 6.07) is 7.46. The zero-order chi connectivity index (χ0) is 13.9. The van der Waals surface area contributed by atoms with E-state index in [1.807, 2.05) is 24.3 Å². The topological polar surface area (TPSA) is 73.8 Å². The van der Waals surface area contributed by atoms with Gasteiger partial charge in [-0.15, -0.1) is 5.10 Å². The quantitative estimate of drug-likeness (QED) is 0.847. The van der Waals surface area contributed by atoms with Gasteiger partial charge in [-0.1, -0.05) is 36.6 Å². The first-order chi connectivity index (χ1) is 9.81. The lowest BCUT2D eigenvalue weighted by molar-refractivity contribution is 0.279. The molecule has 1 heterocycles. The van der Waals surface area contributed by atoms with Crippen LogP contribution < -0.4 is 11.3 Å². The zero-order valence-corrected chi connectivity index (χ0v) is 11.5. The summed E-state index contributed by atoms with van der Waals surface area (Å²) in [5.74, 6) is 0.325. The van der Waals surface area contributed by atoms with Crippen LogP contribution in [0.5, 0.6) is 0 Å². The van der Waals surface area contributed by atoms with E-state index >= 15 is 0 Å². The third kappa shape index (κ3) is 2.33. The van der Waals surface area contributed by atoms with E-state index in [-0.39, 0.29) is 11.6 Å². The van der Waals surface area contributed by atoms with E-state index in [2.05, 4.69) is 10.3 Å². The van der Waals surface area contributed by atoms with Crippen LogP contribution in [-0.2, 0) is 0 Å². The Morgan fingerprint density at radius 3 is 2.85 bits per heavy atom. The fourth-order valence-corrected chi connectivity index (χ4v) is 3.18. The summed E-state index contributed by atoms with van der Waals surface area (Å²) in [5, 5.41) is 9.00. The molecular formula is C15H20N4O. The minimum Gasteiger partial charge on any atom is -0.330 e. The molecule has 1 saturated carbocycles. The first kappa shape index (κ1) is 13.2. The molecule has 5 heteroatoms. The summed E-state index contributed by atoms with van der Waals surface area (Å²) >= 11 is 0. The fourth-order valence-electron chi connectivity index (χ4n) is 3.18. The average molecular weight is 272 g/mol. The molecule has 1 aliphatic carbocycles. The standard InChI is InChI=1S/C15H20N4O/c16-10-11-6-2-1-3-9-14(11)19-15(20)12-7-4-5-8-13(12)17-18-19/h4-5,7-8,11,14H,1-3,6,9-10,16H2. The third-order valence-corrected chi connectivity index (χ3v) is 4.33. The van der Waals surface area contributed by atoms with Gasteiger partial charge in [-0.25, -0.2) is 4.68 Å². The largest absolute Gasteiger partial charge is 0.330 e. The van der Waals surface area contributed by atoms with Gasteiger partial charge in [-0.05, 0) is 37.4 Å². The second kappa shape index (κ2) is 5.71. The molecule has 1 aromatic carbocycles. The molecule has 0 radical (unpaired) electrons. The Balaban J connectivity index is 2.08.